The van der Waals surface area contributed by atoms with Gasteiger partial charge >= 0.3 is 5.97 Å². The lowest BCUT2D eigenvalue weighted by Crippen LogP contribution is -2.31. The van der Waals surface area contributed by atoms with Crippen LogP contribution in [0.2, 0.25) is 0 Å². The van der Waals surface area contributed by atoms with Crippen molar-refractivity contribution in [2.24, 2.45) is 0 Å². The molecule has 0 bridgehead atoms. The van der Waals surface area contributed by atoms with E-state index in [9.17, 15) is 9.59 Å². The molecule has 1 aromatic heterocycles. The van der Waals surface area contributed by atoms with Gasteiger partial charge in [0.15, 0.2) is 11.4 Å². The second kappa shape index (κ2) is 8.35. The number of carbonyl (C=O) groups is 2. The smallest absolute Gasteiger partial charge is 0.347 e. The number of ether oxygens (including phenoxy) is 2. The highest BCUT2D eigenvalue weighted by molar-refractivity contribution is 5.97. The molecule has 1 aliphatic heterocycles. The fourth-order valence-corrected chi connectivity index (χ4v) is 2.80. The van der Waals surface area contributed by atoms with E-state index in [1.165, 1.54) is 0 Å². The molecule has 28 heavy (non-hydrogen) atoms. The van der Waals surface area contributed by atoms with Crippen molar-refractivity contribution in [1.29, 1.82) is 5.26 Å². The summed E-state index contributed by atoms with van der Waals surface area (Å²) in [6, 6.07) is 8.55. The number of nitriles is 1. The van der Waals surface area contributed by atoms with Crippen LogP contribution in [0.4, 0.5) is 5.82 Å². The first-order chi connectivity index (χ1) is 13.5. The fraction of sp³-hybridized carbons (Fsp3) is 0.316. The summed E-state index contributed by atoms with van der Waals surface area (Å²) in [5.74, 6) is -0.632. The highest BCUT2D eigenvalue weighted by Gasteiger charge is 2.26. The summed E-state index contributed by atoms with van der Waals surface area (Å²) < 4.78 is 10.8. The van der Waals surface area contributed by atoms with Gasteiger partial charge in [0.25, 0.3) is 0 Å². The number of rotatable bonds is 6. The Morgan fingerprint density at radius 2 is 2.25 bits per heavy atom. The minimum atomic E-state index is -0.692. The molecule has 1 amide bonds. The Morgan fingerprint density at radius 1 is 1.43 bits per heavy atom. The molecule has 1 atom stereocenters. The van der Waals surface area contributed by atoms with Crippen LogP contribution in [0, 0.1) is 11.3 Å². The molecule has 1 fully saturated rings. The van der Waals surface area contributed by atoms with Crippen LogP contribution in [-0.2, 0) is 9.53 Å². The molecule has 3 rings (SSSR count). The lowest BCUT2D eigenvalue weighted by molar-refractivity contribution is -0.119. The van der Waals surface area contributed by atoms with Crippen molar-refractivity contribution in [3.8, 4) is 23.3 Å². The Kier molecular flexibility index (Phi) is 5.69. The van der Waals surface area contributed by atoms with Crippen LogP contribution in [0.25, 0.3) is 11.4 Å². The van der Waals surface area contributed by atoms with Crippen molar-refractivity contribution in [2.75, 3.05) is 18.9 Å². The molecule has 0 saturated carbocycles. The lowest BCUT2D eigenvalue weighted by Gasteiger charge is -2.15. The monoisotopic (exact) mass is 381 g/mol. The largest absolute Gasteiger partial charge is 0.475 e. The van der Waals surface area contributed by atoms with Gasteiger partial charge in [-0.2, -0.15) is 10.2 Å². The third-order valence-corrected chi connectivity index (χ3v) is 4.14. The number of anilines is 1. The van der Waals surface area contributed by atoms with E-state index < -0.39 is 5.97 Å². The first-order valence-electron chi connectivity index (χ1n) is 8.79. The zero-order valence-electron chi connectivity index (χ0n) is 15.3. The quantitative estimate of drug-likeness (QED) is 0.716. The highest BCUT2D eigenvalue weighted by Crippen LogP contribution is 2.27. The molecule has 2 aromatic rings. The average Bonchev–Trinajstić information content (AvgIpc) is 3.11. The van der Waals surface area contributed by atoms with Gasteiger partial charge in [0.2, 0.25) is 11.8 Å². The van der Waals surface area contributed by atoms with Crippen molar-refractivity contribution >= 4 is 17.7 Å². The highest BCUT2D eigenvalue weighted by atomic mass is 16.5. The van der Waals surface area contributed by atoms with E-state index in [0.29, 0.717) is 24.0 Å². The number of esters is 1. The molecule has 0 radical (unpaired) electrons. The number of nitrogens with two attached hydrogens (primary N) is 1. The zero-order valence-corrected chi connectivity index (χ0v) is 15.3. The topological polar surface area (TPSA) is 140 Å². The Labute approximate surface area is 161 Å². The maximum absolute atomic E-state index is 12.3. The van der Waals surface area contributed by atoms with E-state index in [0.717, 1.165) is 0 Å². The molecular formula is C19H19N5O4. The van der Waals surface area contributed by atoms with Gasteiger partial charge in [-0.25, -0.2) is 9.78 Å². The summed E-state index contributed by atoms with van der Waals surface area (Å²) >= 11 is 0. The van der Waals surface area contributed by atoms with E-state index in [4.69, 9.17) is 20.5 Å². The van der Waals surface area contributed by atoms with Crippen LogP contribution >= 0.6 is 0 Å². The van der Waals surface area contributed by atoms with E-state index >= 15 is 0 Å². The molecule has 0 spiro atoms. The van der Waals surface area contributed by atoms with Crippen molar-refractivity contribution in [3.63, 3.8) is 0 Å². The van der Waals surface area contributed by atoms with Crippen LogP contribution in [0.1, 0.15) is 35.7 Å². The van der Waals surface area contributed by atoms with Crippen LogP contribution in [0.3, 0.4) is 0 Å². The summed E-state index contributed by atoms with van der Waals surface area (Å²) in [6.07, 6.45) is 1.06. The number of aromatic nitrogens is 2. The molecule has 1 aliphatic rings. The normalized spacial score (nSPS) is 15.6. The Morgan fingerprint density at radius 3 is 2.93 bits per heavy atom. The summed E-state index contributed by atoms with van der Waals surface area (Å²) in [6.45, 7) is 1.96. The van der Waals surface area contributed by atoms with Gasteiger partial charge in [-0.1, -0.05) is 12.1 Å². The fourth-order valence-electron chi connectivity index (χ4n) is 2.80. The molecule has 2 heterocycles. The molecule has 0 aliphatic carbocycles. The molecule has 1 aromatic carbocycles. The molecule has 1 saturated heterocycles. The van der Waals surface area contributed by atoms with Gasteiger partial charge in [0.05, 0.1) is 24.3 Å². The number of amides is 1. The van der Waals surface area contributed by atoms with E-state index in [1.54, 1.807) is 31.2 Å². The minimum absolute atomic E-state index is 0.0236. The van der Waals surface area contributed by atoms with Crippen molar-refractivity contribution < 1.29 is 19.1 Å². The van der Waals surface area contributed by atoms with E-state index in [2.05, 4.69) is 15.3 Å². The summed E-state index contributed by atoms with van der Waals surface area (Å²) in [7, 11) is 0. The van der Waals surface area contributed by atoms with Gasteiger partial charge in [0.1, 0.15) is 12.4 Å². The first kappa shape index (κ1) is 19.1. The van der Waals surface area contributed by atoms with Crippen LogP contribution < -0.4 is 15.8 Å². The summed E-state index contributed by atoms with van der Waals surface area (Å²) in [4.78, 5) is 32.2. The Hall–Kier alpha value is -3.67. The molecule has 0 unspecified atom stereocenters. The Bertz CT molecular complexity index is 954. The molecule has 3 N–H and O–H groups in total. The van der Waals surface area contributed by atoms with Crippen molar-refractivity contribution in [3.05, 3.63) is 35.4 Å². The third kappa shape index (κ3) is 4.17. The standard InChI is InChI=1S/C19H19N5O4/c1-2-27-19(26)15-16(21)23-17(12-5-3-4-11(8-12)9-20)24-18(15)28-10-13-6-7-14(25)22-13/h3-5,8,13H,2,6-7,10H2,1H3,(H,22,25)(H2,21,23,24)/t13-/m0/s1. The Balaban J connectivity index is 1.96. The number of hydrogen-bond acceptors (Lipinski definition) is 8. The molecule has 9 heteroatoms. The van der Waals surface area contributed by atoms with Gasteiger partial charge in [-0.05, 0) is 25.5 Å². The van der Waals surface area contributed by atoms with Crippen LogP contribution in [-0.4, -0.2) is 41.1 Å². The SMILES string of the molecule is CCOC(=O)c1c(N)nc(-c2cccc(C#N)c2)nc1OC[C@@H]1CCC(=O)N1. The maximum atomic E-state index is 12.3. The summed E-state index contributed by atoms with van der Waals surface area (Å²) in [5, 5.41) is 11.9. The number of hydrogen-bond donors (Lipinski definition) is 2. The van der Waals surface area contributed by atoms with E-state index in [-0.39, 0.29) is 48.2 Å². The molecule has 9 nitrogen and oxygen atoms in total. The predicted octanol–water partition coefficient (Wildman–Crippen LogP) is 1.43. The number of nitrogen functional groups attached to an aromatic ring is 1. The van der Waals surface area contributed by atoms with Crippen LogP contribution in [0.15, 0.2) is 24.3 Å². The molecular weight excluding hydrogens is 362 g/mol. The maximum Gasteiger partial charge on any atom is 0.347 e. The van der Waals surface area contributed by atoms with Crippen LogP contribution in [0.5, 0.6) is 5.88 Å². The van der Waals surface area contributed by atoms with Gasteiger partial charge in [-0.3, -0.25) is 4.79 Å². The van der Waals surface area contributed by atoms with Gasteiger partial charge in [-0.15, -0.1) is 0 Å². The van der Waals surface area contributed by atoms with Crippen molar-refractivity contribution in [2.45, 2.75) is 25.8 Å². The second-order valence-corrected chi connectivity index (χ2v) is 6.14. The number of nitrogens with zero attached hydrogens (tertiary/aromatic N) is 3. The number of carbonyl (C=O) groups excluding carboxylic acids is 2. The zero-order chi connectivity index (χ0) is 20.1. The van der Waals surface area contributed by atoms with E-state index in [1.807, 2.05) is 6.07 Å². The predicted molar refractivity (Wildman–Crippen MR) is 99.2 cm³/mol. The molecule has 144 valence electrons. The first-order valence-corrected chi connectivity index (χ1v) is 8.79. The minimum Gasteiger partial charge on any atom is -0.475 e. The van der Waals surface area contributed by atoms with Gasteiger partial charge < -0.3 is 20.5 Å². The average molecular weight is 381 g/mol. The third-order valence-electron chi connectivity index (χ3n) is 4.14. The number of nitrogens with one attached hydrogen (secondary N) is 1. The van der Waals surface area contributed by atoms with Crippen molar-refractivity contribution in [1.82, 2.24) is 15.3 Å². The second-order valence-electron chi connectivity index (χ2n) is 6.14. The lowest BCUT2D eigenvalue weighted by atomic mass is 10.1. The van der Waals surface area contributed by atoms with Gasteiger partial charge in [0, 0.05) is 12.0 Å². The number of benzene rings is 1. The summed E-state index contributed by atoms with van der Waals surface area (Å²) in [5.41, 5.74) is 6.93.